The zero-order valence-electron chi connectivity index (χ0n) is 17.4. The number of hydrogen-bond donors (Lipinski definition) is 4. The first-order chi connectivity index (χ1) is 15.0. The molecule has 0 fully saturated rings. The summed E-state index contributed by atoms with van der Waals surface area (Å²) in [6.45, 7) is 1.69. The van der Waals surface area contributed by atoms with Crippen molar-refractivity contribution >= 4 is 23.5 Å². The van der Waals surface area contributed by atoms with E-state index in [2.05, 4.69) is 20.6 Å². The molecule has 0 saturated carbocycles. The summed E-state index contributed by atoms with van der Waals surface area (Å²) in [4.78, 5) is 21.5. The van der Waals surface area contributed by atoms with Crippen molar-refractivity contribution < 1.29 is 15.0 Å². The molecule has 8 nitrogen and oxygen atoms in total. The van der Waals surface area contributed by atoms with Crippen LogP contribution in [-0.2, 0) is 7.05 Å². The maximum absolute atomic E-state index is 12.9. The Labute approximate surface area is 185 Å². The highest BCUT2D eigenvalue weighted by molar-refractivity contribution is 6.32. The van der Waals surface area contributed by atoms with Gasteiger partial charge in [-0.15, -0.1) is 0 Å². The molecular formula is C22H26ClN5O3. The predicted molar refractivity (Wildman–Crippen MR) is 120 cm³/mol. The molecule has 164 valence electrons. The van der Waals surface area contributed by atoms with Crippen LogP contribution in [0.2, 0.25) is 5.02 Å². The van der Waals surface area contributed by atoms with Crippen LogP contribution >= 0.6 is 11.6 Å². The molecule has 0 radical (unpaired) electrons. The molecule has 0 aliphatic heterocycles. The van der Waals surface area contributed by atoms with Crippen LogP contribution < -0.4 is 10.6 Å². The number of nitrogens with zero attached hydrogens (tertiary/aromatic N) is 3. The molecule has 1 aromatic carbocycles. The average Bonchev–Trinajstić information content (AvgIpc) is 3.18. The first-order valence-electron chi connectivity index (χ1n) is 10.00. The van der Waals surface area contributed by atoms with Crippen molar-refractivity contribution in [1.29, 1.82) is 0 Å². The lowest BCUT2D eigenvalue weighted by Crippen LogP contribution is -2.31. The number of nitrogens with one attached hydrogen (secondary N) is 2. The van der Waals surface area contributed by atoms with Crippen LogP contribution in [0, 0.1) is 0 Å². The van der Waals surface area contributed by atoms with Crippen molar-refractivity contribution in [3.05, 3.63) is 65.1 Å². The highest BCUT2D eigenvalue weighted by atomic mass is 35.5. The fourth-order valence-corrected chi connectivity index (χ4v) is 3.37. The van der Waals surface area contributed by atoms with E-state index in [1.165, 1.54) is 6.20 Å². The van der Waals surface area contributed by atoms with Crippen LogP contribution in [0.3, 0.4) is 0 Å². The van der Waals surface area contributed by atoms with Crippen LogP contribution in [-0.4, -0.2) is 49.9 Å². The molecule has 3 rings (SSSR count). The van der Waals surface area contributed by atoms with E-state index in [0.717, 1.165) is 5.56 Å². The summed E-state index contributed by atoms with van der Waals surface area (Å²) in [6.07, 6.45) is 3.95. The van der Waals surface area contributed by atoms with Gasteiger partial charge in [0.1, 0.15) is 5.69 Å². The number of aliphatic hydroxyl groups excluding tert-OH is 2. The summed E-state index contributed by atoms with van der Waals surface area (Å²) in [5, 5.41) is 25.4. The monoisotopic (exact) mass is 443 g/mol. The largest absolute Gasteiger partial charge is 0.394 e. The standard InChI is InChI=1S/C22H26ClN5O3/c1-3-16(12-29)25-22-24-10-17(23)20(27-22)15-9-19(28(2)11-15)21(31)26-18(13-30)14-7-5-4-6-8-14/h4-11,16,18,29-30H,3,12-13H2,1-2H3,(H,26,31)(H,24,25,27)/t16-,18+/m0/s1. The quantitative estimate of drug-likeness (QED) is 0.404. The highest BCUT2D eigenvalue weighted by Gasteiger charge is 2.20. The topological polar surface area (TPSA) is 112 Å². The molecule has 1 amide bonds. The fourth-order valence-electron chi connectivity index (χ4n) is 3.17. The third-order valence-electron chi connectivity index (χ3n) is 4.99. The Morgan fingerprint density at radius 3 is 2.61 bits per heavy atom. The first-order valence-corrected chi connectivity index (χ1v) is 10.4. The van der Waals surface area contributed by atoms with E-state index in [4.69, 9.17) is 11.6 Å². The second-order valence-electron chi connectivity index (χ2n) is 7.17. The molecule has 2 atom stereocenters. The van der Waals surface area contributed by atoms with E-state index in [0.29, 0.717) is 34.3 Å². The highest BCUT2D eigenvalue weighted by Crippen LogP contribution is 2.28. The maximum atomic E-state index is 12.9. The molecular weight excluding hydrogens is 418 g/mol. The number of amides is 1. The first kappa shape index (κ1) is 22.7. The normalized spacial score (nSPS) is 12.9. The summed E-state index contributed by atoms with van der Waals surface area (Å²) in [7, 11) is 1.75. The summed E-state index contributed by atoms with van der Waals surface area (Å²) in [6, 6.07) is 10.3. The minimum atomic E-state index is -0.519. The van der Waals surface area contributed by atoms with E-state index in [-0.39, 0.29) is 25.2 Å². The fraction of sp³-hybridized carbons (Fsp3) is 0.318. The van der Waals surface area contributed by atoms with Gasteiger partial charge in [-0.25, -0.2) is 9.97 Å². The SMILES string of the molecule is CC[C@@H](CO)Nc1ncc(Cl)c(-c2cc(C(=O)N[C@H](CO)c3ccccc3)n(C)c2)n1. The minimum Gasteiger partial charge on any atom is -0.394 e. The lowest BCUT2D eigenvalue weighted by molar-refractivity contribution is 0.0908. The van der Waals surface area contributed by atoms with Gasteiger partial charge < -0.3 is 25.4 Å². The van der Waals surface area contributed by atoms with Crippen LogP contribution in [0.4, 0.5) is 5.95 Å². The smallest absolute Gasteiger partial charge is 0.268 e. The Bertz CT molecular complexity index is 1020. The van der Waals surface area contributed by atoms with Crippen LogP contribution in [0.15, 0.2) is 48.8 Å². The molecule has 2 aromatic heterocycles. The number of aromatic nitrogens is 3. The van der Waals surface area contributed by atoms with E-state index in [1.807, 2.05) is 37.3 Å². The molecule has 0 bridgehead atoms. The van der Waals surface area contributed by atoms with E-state index in [9.17, 15) is 15.0 Å². The number of benzene rings is 1. The van der Waals surface area contributed by atoms with Gasteiger partial charge in [-0.05, 0) is 18.1 Å². The van der Waals surface area contributed by atoms with Gasteiger partial charge in [0.25, 0.3) is 5.91 Å². The summed E-state index contributed by atoms with van der Waals surface area (Å²) < 4.78 is 1.68. The summed E-state index contributed by atoms with van der Waals surface area (Å²) >= 11 is 6.32. The van der Waals surface area contributed by atoms with Crippen molar-refractivity contribution in [3.63, 3.8) is 0 Å². The van der Waals surface area contributed by atoms with Crippen molar-refractivity contribution in [2.45, 2.75) is 25.4 Å². The van der Waals surface area contributed by atoms with Crippen LogP contribution in [0.25, 0.3) is 11.3 Å². The molecule has 3 aromatic rings. The molecule has 0 aliphatic rings. The maximum Gasteiger partial charge on any atom is 0.268 e. The Morgan fingerprint density at radius 2 is 1.97 bits per heavy atom. The van der Waals surface area contributed by atoms with E-state index in [1.54, 1.807) is 23.9 Å². The van der Waals surface area contributed by atoms with Gasteiger partial charge in [0.05, 0.1) is 42.2 Å². The number of anilines is 1. The number of aryl methyl sites for hydroxylation is 1. The van der Waals surface area contributed by atoms with Crippen LogP contribution in [0.1, 0.15) is 35.4 Å². The van der Waals surface area contributed by atoms with Crippen molar-refractivity contribution in [3.8, 4) is 11.3 Å². The number of rotatable bonds is 9. The second-order valence-corrected chi connectivity index (χ2v) is 7.57. The predicted octanol–water partition coefficient (Wildman–Crippen LogP) is 2.78. The average molecular weight is 444 g/mol. The molecule has 31 heavy (non-hydrogen) atoms. The van der Waals surface area contributed by atoms with Crippen molar-refractivity contribution in [2.75, 3.05) is 18.5 Å². The zero-order valence-corrected chi connectivity index (χ0v) is 18.2. The number of halogens is 1. The van der Waals surface area contributed by atoms with Gasteiger partial charge in [0, 0.05) is 18.8 Å². The second kappa shape index (κ2) is 10.4. The minimum absolute atomic E-state index is 0.0408. The zero-order chi connectivity index (χ0) is 22.4. The lowest BCUT2D eigenvalue weighted by atomic mass is 10.1. The van der Waals surface area contributed by atoms with Gasteiger partial charge in [-0.3, -0.25) is 4.79 Å². The molecule has 4 N–H and O–H groups in total. The Hall–Kier alpha value is -2.94. The number of carbonyl (C=O) groups is 1. The van der Waals surface area contributed by atoms with Gasteiger partial charge in [0.15, 0.2) is 0 Å². The van der Waals surface area contributed by atoms with Gasteiger partial charge >= 0.3 is 0 Å². The molecule has 0 spiro atoms. The molecule has 0 aliphatic carbocycles. The third-order valence-corrected chi connectivity index (χ3v) is 5.27. The molecule has 0 saturated heterocycles. The van der Waals surface area contributed by atoms with Crippen molar-refractivity contribution in [1.82, 2.24) is 19.9 Å². The Balaban J connectivity index is 1.84. The van der Waals surface area contributed by atoms with E-state index < -0.39 is 6.04 Å². The molecule has 9 heteroatoms. The van der Waals surface area contributed by atoms with Gasteiger partial charge in [-0.1, -0.05) is 48.9 Å². The number of aliphatic hydroxyl groups is 2. The van der Waals surface area contributed by atoms with Crippen molar-refractivity contribution in [2.24, 2.45) is 7.05 Å². The summed E-state index contributed by atoms with van der Waals surface area (Å²) in [5.41, 5.74) is 2.34. The van der Waals surface area contributed by atoms with Gasteiger partial charge in [-0.2, -0.15) is 0 Å². The number of carbonyl (C=O) groups excluding carboxylic acids is 1. The number of hydrogen-bond acceptors (Lipinski definition) is 6. The molecule has 0 unspecified atom stereocenters. The lowest BCUT2D eigenvalue weighted by Gasteiger charge is -2.16. The third kappa shape index (κ3) is 5.41. The van der Waals surface area contributed by atoms with Gasteiger partial charge in [0.2, 0.25) is 5.95 Å². The Kier molecular flexibility index (Phi) is 7.62. The molecule has 2 heterocycles. The Morgan fingerprint density at radius 1 is 1.23 bits per heavy atom. The van der Waals surface area contributed by atoms with E-state index >= 15 is 0 Å². The van der Waals surface area contributed by atoms with Crippen LogP contribution in [0.5, 0.6) is 0 Å². The summed E-state index contributed by atoms with van der Waals surface area (Å²) in [5.74, 6) is 0.0195.